The Bertz CT molecular complexity index is 764. The maximum absolute atomic E-state index is 13.0. The molecule has 0 atom stereocenters. The molecule has 0 saturated heterocycles. The van der Waals surface area contributed by atoms with E-state index in [0.29, 0.717) is 5.56 Å². The van der Waals surface area contributed by atoms with E-state index in [1.165, 1.54) is 36.4 Å². The largest absolute Gasteiger partial charge is 0.273 e. The van der Waals surface area contributed by atoms with Crippen molar-refractivity contribution in [1.82, 2.24) is 10.9 Å². The molecule has 2 rings (SSSR count). The summed E-state index contributed by atoms with van der Waals surface area (Å²) in [5.74, 6) is -1.70. The second kappa shape index (κ2) is 7.12. The Balaban J connectivity index is 1.92. The van der Waals surface area contributed by atoms with Crippen molar-refractivity contribution in [3.05, 3.63) is 75.6 Å². The van der Waals surface area contributed by atoms with Crippen molar-refractivity contribution in [2.75, 3.05) is 0 Å². The second-order valence-corrected chi connectivity index (χ2v) is 4.62. The fourth-order valence-corrected chi connectivity index (χ4v) is 1.84. The number of nitro benzene ring substituents is 1. The fraction of sp³-hybridized carbons (Fsp3) is 0.0667. The zero-order valence-corrected chi connectivity index (χ0v) is 11.8. The second-order valence-electron chi connectivity index (χ2n) is 4.62. The Labute approximate surface area is 130 Å². The minimum Gasteiger partial charge on any atom is -0.273 e. The predicted octanol–water partition coefficient (Wildman–Crippen LogP) is 1.74. The topological polar surface area (TPSA) is 101 Å². The predicted molar refractivity (Wildman–Crippen MR) is 78.8 cm³/mol. The molecule has 118 valence electrons. The number of nitrogens with zero attached hydrogens (tertiary/aromatic N) is 1. The molecule has 0 aliphatic rings. The third-order valence-electron chi connectivity index (χ3n) is 2.89. The molecule has 0 unspecified atom stereocenters. The van der Waals surface area contributed by atoms with Crippen molar-refractivity contribution in [2.24, 2.45) is 0 Å². The summed E-state index contributed by atoms with van der Waals surface area (Å²) in [5.41, 5.74) is 4.56. The van der Waals surface area contributed by atoms with E-state index < -0.39 is 22.6 Å². The number of nitrogens with one attached hydrogen (secondary N) is 2. The molecule has 0 aliphatic heterocycles. The fourth-order valence-electron chi connectivity index (χ4n) is 1.84. The normalized spacial score (nSPS) is 9.96. The summed E-state index contributed by atoms with van der Waals surface area (Å²) in [5, 5.41) is 10.6. The molecule has 0 aromatic heterocycles. The van der Waals surface area contributed by atoms with Crippen molar-refractivity contribution in [3.63, 3.8) is 0 Å². The SMILES string of the molecule is O=C(Cc1cccc(F)c1)NNC(=O)c1cccc([N+](=O)[O-])c1. The first-order valence-corrected chi connectivity index (χ1v) is 6.54. The highest BCUT2D eigenvalue weighted by Crippen LogP contribution is 2.12. The molecule has 0 radical (unpaired) electrons. The van der Waals surface area contributed by atoms with Crippen LogP contribution in [0.15, 0.2) is 48.5 Å². The van der Waals surface area contributed by atoms with Crippen LogP contribution in [0.5, 0.6) is 0 Å². The van der Waals surface area contributed by atoms with E-state index in [-0.39, 0.29) is 17.7 Å². The van der Waals surface area contributed by atoms with Crippen LogP contribution in [0.2, 0.25) is 0 Å². The van der Waals surface area contributed by atoms with Crippen LogP contribution in [0.25, 0.3) is 0 Å². The molecule has 2 aromatic carbocycles. The molecule has 0 aliphatic carbocycles. The van der Waals surface area contributed by atoms with Gasteiger partial charge in [-0.3, -0.25) is 30.6 Å². The highest BCUT2D eigenvalue weighted by atomic mass is 19.1. The average Bonchev–Trinajstić information content (AvgIpc) is 2.52. The minimum atomic E-state index is -0.693. The molecule has 0 saturated carbocycles. The Morgan fingerprint density at radius 2 is 1.83 bits per heavy atom. The lowest BCUT2D eigenvalue weighted by molar-refractivity contribution is -0.384. The lowest BCUT2D eigenvalue weighted by Gasteiger charge is -2.07. The molecule has 0 heterocycles. The van der Waals surface area contributed by atoms with Gasteiger partial charge < -0.3 is 0 Å². The van der Waals surface area contributed by atoms with Crippen LogP contribution in [-0.2, 0) is 11.2 Å². The molecule has 0 fully saturated rings. The van der Waals surface area contributed by atoms with Gasteiger partial charge in [0.15, 0.2) is 0 Å². The lowest BCUT2D eigenvalue weighted by atomic mass is 10.1. The number of amides is 2. The number of carbonyl (C=O) groups is 2. The summed E-state index contributed by atoms with van der Waals surface area (Å²) >= 11 is 0. The molecule has 8 heteroatoms. The van der Waals surface area contributed by atoms with Crippen LogP contribution in [0.1, 0.15) is 15.9 Å². The van der Waals surface area contributed by atoms with E-state index in [1.54, 1.807) is 6.07 Å². The highest BCUT2D eigenvalue weighted by molar-refractivity contribution is 5.96. The van der Waals surface area contributed by atoms with Crippen LogP contribution in [0.4, 0.5) is 10.1 Å². The van der Waals surface area contributed by atoms with Crippen LogP contribution >= 0.6 is 0 Å². The summed E-state index contributed by atoms with van der Waals surface area (Å²) in [7, 11) is 0. The Hall–Kier alpha value is -3.29. The van der Waals surface area contributed by atoms with Gasteiger partial charge in [-0.25, -0.2) is 4.39 Å². The van der Waals surface area contributed by atoms with Gasteiger partial charge in [0.1, 0.15) is 5.82 Å². The Morgan fingerprint density at radius 1 is 1.09 bits per heavy atom. The van der Waals surface area contributed by atoms with Gasteiger partial charge >= 0.3 is 0 Å². The molecule has 2 amide bonds. The lowest BCUT2D eigenvalue weighted by Crippen LogP contribution is -2.42. The van der Waals surface area contributed by atoms with Gasteiger partial charge in [-0.05, 0) is 23.8 Å². The van der Waals surface area contributed by atoms with Gasteiger partial charge in [0.05, 0.1) is 11.3 Å². The number of non-ortho nitro benzene ring substituents is 1. The molecule has 7 nitrogen and oxygen atoms in total. The van der Waals surface area contributed by atoms with Gasteiger partial charge in [0.2, 0.25) is 5.91 Å². The van der Waals surface area contributed by atoms with Gasteiger partial charge in [0, 0.05) is 17.7 Å². The van der Waals surface area contributed by atoms with Crippen molar-refractivity contribution < 1.29 is 18.9 Å². The number of hydrogen-bond donors (Lipinski definition) is 2. The number of hydrogen-bond acceptors (Lipinski definition) is 4. The van der Waals surface area contributed by atoms with Crippen LogP contribution in [-0.4, -0.2) is 16.7 Å². The first-order valence-electron chi connectivity index (χ1n) is 6.54. The molecule has 0 spiro atoms. The molecule has 23 heavy (non-hydrogen) atoms. The van der Waals surface area contributed by atoms with E-state index in [0.717, 1.165) is 6.07 Å². The molecule has 2 aromatic rings. The standard InChI is InChI=1S/C15H12FN3O4/c16-12-5-1-3-10(7-12)8-14(20)17-18-15(21)11-4-2-6-13(9-11)19(22)23/h1-7,9H,8H2,(H,17,20)(H,18,21). The molecular weight excluding hydrogens is 305 g/mol. The minimum absolute atomic E-state index is 0.0326. The van der Waals surface area contributed by atoms with Crippen LogP contribution < -0.4 is 10.9 Å². The number of rotatable bonds is 4. The zero-order valence-electron chi connectivity index (χ0n) is 11.8. The highest BCUT2D eigenvalue weighted by Gasteiger charge is 2.12. The van der Waals surface area contributed by atoms with Crippen molar-refractivity contribution in [3.8, 4) is 0 Å². The monoisotopic (exact) mass is 317 g/mol. The number of nitro groups is 1. The first-order chi connectivity index (χ1) is 11.0. The Morgan fingerprint density at radius 3 is 2.52 bits per heavy atom. The third-order valence-corrected chi connectivity index (χ3v) is 2.89. The van der Waals surface area contributed by atoms with Crippen LogP contribution in [0, 0.1) is 15.9 Å². The van der Waals surface area contributed by atoms with Crippen molar-refractivity contribution >= 4 is 17.5 Å². The smallest absolute Gasteiger partial charge is 0.270 e. The summed E-state index contributed by atoms with van der Waals surface area (Å²) < 4.78 is 13.0. The van der Waals surface area contributed by atoms with Crippen LogP contribution in [0.3, 0.4) is 0 Å². The van der Waals surface area contributed by atoms with Crippen molar-refractivity contribution in [1.29, 1.82) is 0 Å². The quantitative estimate of drug-likeness (QED) is 0.662. The average molecular weight is 317 g/mol. The zero-order chi connectivity index (χ0) is 16.8. The molecular formula is C15H12FN3O4. The van der Waals surface area contributed by atoms with Gasteiger partial charge in [-0.15, -0.1) is 0 Å². The number of benzene rings is 2. The molecule has 0 bridgehead atoms. The van der Waals surface area contributed by atoms with Gasteiger partial charge in [0.25, 0.3) is 11.6 Å². The summed E-state index contributed by atoms with van der Waals surface area (Å²) in [6.45, 7) is 0. The number of hydrazine groups is 1. The first kappa shape index (κ1) is 16.1. The number of halogens is 1. The maximum Gasteiger partial charge on any atom is 0.270 e. The molecule has 2 N–H and O–H groups in total. The van der Waals surface area contributed by atoms with E-state index in [9.17, 15) is 24.1 Å². The van der Waals surface area contributed by atoms with E-state index in [4.69, 9.17) is 0 Å². The van der Waals surface area contributed by atoms with E-state index >= 15 is 0 Å². The van der Waals surface area contributed by atoms with Gasteiger partial charge in [-0.2, -0.15) is 0 Å². The maximum atomic E-state index is 13.0. The van der Waals surface area contributed by atoms with Gasteiger partial charge in [-0.1, -0.05) is 18.2 Å². The third kappa shape index (κ3) is 4.60. The summed E-state index contributed by atoms with van der Waals surface area (Å²) in [4.78, 5) is 33.5. The number of carbonyl (C=O) groups excluding carboxylic acids is 2. The van der Waals surface area contributed by atoms with E-state index in [2.05, 4.69) is 10.9 Å². The Kier molecular flexibility index (Phi) is 4.98. The summed E-state index contributed by atoms with van der Waals surface area (Å²) in [6, 6.07) is 10.6. The van der Waals surface area contributed by atoms with E-state index in [1.807, 2.05) is 0 Å². The van der Waals surface area contributed by atoms with Crippen molar-refractivity contribution in [2.45, 2.75) is 6.42 Å². The summed E-state index contributed by atoms with van der Waals surface area (Å²) in [6.07, 6.45) is -0.118.